The van der Waals surface area contributed by atoms with Crippen LogP contribution in [0.15, 0.2) is 42.9 Å². The van der Waals surface area contributed by atoms with E-state index in [2.05, 4.69) is 4.98 Å². The van der Waals surface area contributed by atoms with Crippen molar-refractivity contribution >= 4 is 0 Å². The molecule has 0 amide bonds. The number of methoxy groups -OCH3 is 1. The molecular formula is C10H10N2O. The Morgan fingerprint density at radius 1 is 1.23 bits per heavy atom. The number of aromatic nitrogens is 2. The van der Waals surface area contributed by atoms with Crippen molar-refractivity contribution in [2.75, 3.05) is 7.11 Å². The second-order valence-corrected chi connectivity index (χ2v) is 2.65. The van der Waals surface area contributed by atoms with Crippen molar-refractivity contribution in [3.8, 4) is 11.6 Å². The SMILES string of the molecule is COc1ccc(-n2cccc2)cn1. The van der Waals surface area contributed by atoms with Gasteiger partial charge in [0.25, 0.3) is 0 Å². The first-order valence-corrected chi connectivity index (χ1v) is 4.03. The molecule has 0 spiro atoms. The highest BCUT2D eigenvalue weighted by Gasteiger charge is 1.95. The van der Waals surface area contributed by atoms with E-state index in [1.54, 1.807) is 13.3 Å². The Labute approximate surface area is 76.6 Å². The number of nitrogens with zero attached hydrogens (tertiary/aromatic N) is 2. The molecule has 0 N–H and O–H groups in total. The molecule has 2 heterocycles. The Balaban J connectivity index is 2.33. The monoisotopic (exact) mass is 174 g/mol. The standard InChI is InChI=1S/C10H10N2O/c1-13-10-5-4-9(8-11-10)12-6-2-3-7-12/h2-8H,1H3. The lowest BCUT2D eigenvalue weighted by atomic mass is 10.4. The molecule has 0 atom stereocenters. The smallest absolute Gasteiger partial charge is 0.213 e. The molecule has 0 radical (unpaired) electrons. The van der Waals surface area contributed by atoms with Crippen molar-refractivity contribution < 1.29 is 4.74 Å². The molecule has 0 aromatic carbocycles. The maximum absolute atomic E-state index is 4.97. The Bertz CT molecular complexity index is 364. The molecule has 0 unspecified atom stereocenters. The van der Waals surface area contributed by atoms with Crippen LogP contribution in [-0.2, 0) is 0 Å². The number of ether oxygens (including phenoxy) is 1. The molecule has 0 aliphatic rings. The van der Waals surface area contributed by atoms with Gasteiger partial charge in [-0.15, -0.1) is 0 Å². The van der Waals surface area contributed by atoms with Crippen molar-refractivity contribution in [2.45, 2.75) is 0 Å². The number of rotatable bonds is 2. The summed E-state index contributed by atoms with van der Waals surface area (Å²) in [5.74, 6) is 0.635. The first kappa shape index (κ1) is 7.86. The van der Waals surface area contributed by atoms with E-state index in [9.17, 15) is 0 Å². The Morgan fingerprint density at radius 3 is 2.54 bits per heavy atom. The van der Waals surface area contributed by atoms with Crippen LogP contribution in [0.4, 0.5) is 0 Å². The number of hydrogen-bond acceptors (Lipinski definition) is 2. The van der Waals surface area contributed by atoms with Crippen LogP contribution in [-0.4, -0.2) is 16.7 Å². The van der Waals surface area contributed by atoms with E-state index in [1.165, 1.54) is 0 Å². The lowest BCUT2D eigenvalue weighted by Gasteiger charge is -2.02. The van der Waals surface area contributed by atoms with Crippen LogP contribution in [0.3, 0.4) is 0 Å². The highest BCUT2D eigenvalue weighted by molar-refractivity contribution is 5.31. The fourth-order valence-corrected chi connectivity index (χ4v) is 1.15. The zero-order valence-corrected chi connectivity index (χ0v) is 7.34. The summed E-state index contributed by atoms with van der Waals surface area (Å²) in [5, 5.41) is 0. The van der Waals surface area contributed by atoms with Crippen LogP contribution in [0.5, 0.6) is 5.88 Å². The highest BCUT2D eigenvalue weighted by Crippen LogP contribution is 2.10. The lowest BCUT2D eigenvalue weighted by molar-refractivity contribution is 0.398. The number of pyridine rings is 1. The molecule has 3 heteroatoms. The molecule has 0 fully saturated rings. The second kappa shape index (κ2) is 3.31. The van der Waals surface area contributed by atoms with Gasteiger partial charge in [-0.2, -0.15) is 0 Å². The van der Waals surface area contributed by atoms with Crippen LogP contribution < -0.4 is 4.74 Å². The minimum absolute atomic E-state index is 0.635. The molecule has 2 aromatic heterocycles. The minimum Gasteiger partial charge on any atom is -0.481 e. The van der Waals surface area contributed by atoms with Crippen LogP contribution in [0, 0.1) is 0 Å². The summed E-state index contributed by atoms with van der Waals surface area (Å²) >= 11 is 0. The maximum Gasteiger partial charge on any atom is 0.213 e. The van der Waals surface area contributed by atoms with Gasteiger partial charge >= 0.3 is 0 Å². The van der Waals surface area contributed by atoms with Gasteiger partial charge in [0.15, 0.2) is 0 Å². The molecule has 2 aromatic rings. The minimum atomic E-state index is 0.635. The third-order valence-corrected chi connectivity index (χ3v) is 1.83. The average molecular weight is 174 g/mol. The Hall–Kier alpha value is -1.77. The van der Waals surface area contributed by atoms with Crippen molar-refractivity contribution in [3.05, 3.63) is 42.9 Å². The molecule has 0 bridgehead atoms. The van der Waals surface area contributed by atoms with Crippen LogP contribution in [0.25, 0.3) is 5.69 Å². The quantitative estimate of drug-likeness (QED) is 0.695. The summed E-state index contributed by atoms with van der Waals surface area (Å²) in [7, 11) is 1.61. The van der Waals surface area contributed by atoms with Gasteiger partial charge in [0, 0.05) is 18.5 Å². The zero-order valence-electron chi connectivity index (χ0n) is 7.34. The van der Waals surface area contributed by atoms with Gasteiger partial charge in [0.1, 0.15) is 0 Å². The summed E-state index contributed by atoms with van der Waals surface area (Å²) in [6.45, 7) is 0. The Kier molecular flexibility index (Phi) is 2.00. The van der Waals surface area contributed by atoms with Crippen molar-refractivity contribution in [2.24, 2.45) is 0 Å². The molecule has 13 heavy (non-hydrogen) atoms. The molecule has 3 nitrogen and oxygen atoms in total. The van der Waals surface area contributed by atoms with E-state index in [0.717, 1.165) is 5.69 Å². The molecule has 0 saturated heterocycles. The summed E-state index contributed by atoms with van der Waals surface area (Å²) in [6.07, 6.45) is 5.73. The summed E-state index contributed by atoms with van der Waals surface area (Å²) in [5.41, 5.74) is 1.03. The van der Waals surface area contributed by atoms with E-state index in [0.29, 0.717) is 5.88 Å². The average Bonchev–Trinajstić information content (AvgIpc) is 2.71. The van der Waals surface area contributed by atoms with Gasteiger partial charge in [-0.3, -0.25) is 0 Å². The van der Waals surface area contributed by atoms with E-state index < -0.39 is 0 Å². The van der Waals surface area contributed by atoms with Gasteiger partial charge in [-0.05, 0) is 18.2 Å². The van der Waals surface area contributed by atoms with Crippen molar-refractivity contribution in [1.82, 2.24) is 9.55 Å². The summed E-state index contributed by atoms with van der Waals surface area (Å²) in [4.78, 5) is 4.11. The Morgan fingerprint density at radius 2 is 2.00 bits per heavy atom. The van der Waals surface area contributed by atoms with Gasteiger partial charge < -0.3 is 9.30 Å². The predicted molar refractivity (Wildman–Crippen MR) is 50.1 cm³/mol. The first-order chi connectivity index (χ1) is 6.40. The molecular weight excluding hydrogens is 164 g/mol. The number of hydrogen-bond donors (Lipinski definition) is 0. The van der Waals surface area contributed by atoms with Crippen molar-refractivity contribution in [1.29, 1.82) is 0 Å². The highest BCUT2D eigenvalue weighted by atomic mass is 16.5. The van der Waals surface area contributed by atoms with E-state index in [4.69, 9.17) is 4.74 Å². The van der Waals surface area contributed by atoms with Crippen LogP contribution >= 0.6 is 0 Å². The van der Waals surface area contributed by atoms with Gasteiger partial charge in [0.05, 0.1) is 19.0 Å². The third kappa shape index (κ3) is 1.54. The van der Waals surface area contributed by atoms with E-state index in [1.807, 2.05) is 41.2 Å². The van der Waals surface area contributed by atoms with E-state index in [-0.39, 0.29) is 0 Å². The molecule has 2 rings (SSSR count). The van der Waals surface area contributed by atoms with Gasteiger partial charge in [-0.1, -0.05) is 0 Å². The molecule has 66 valence electrons. The lowest BCUT2D eigenvalue weighted by Crippen LogP contribution is -1.92. The zero-order chi connectivity index (χ0) is 9.10. The maximum atomic E-state index is 4.97. The topological polar surface area (TPSA) is 27.1 Å². The third-order valence-electron chi connectivity index (χ3n) is 1.83. The fraction of sp³-hybridized carbons (Fsp3) is 0.100. The van der Waals surface area contributed by atoms with Crippen LogP contribution in [0.1, 0.15) is 0 Å². The van der Waals surface area contributed by atoms with Gasteiger partial charge in [0.2, 0.25) is 5.88 Å². The summed E-state index contributed by atoms with van der Waals surface area (Å²) in [6, 6.07) is 7.76. The van der Waals surface area contributed by atoms with E-state index >= 15 is 0 Å². The summed E-state index contributed by atoms with van der Waals surface area (Å²) < 4.78 is 6.96. The second-order valence-electron chi connectivity index (χ2n) is 2.65. The van der Waals surface area contributed by atoms with Crippen molar-refractivity contribution in [3.63, 3.8) is 0 Å². The molecule has 0 aliphatic carbocycles. The first-order valence-electron chi connectivity index (χ1n) is 4.03. The van der Waals surface area contributed by atoms with Gasteiger partial charge in [-0.25, -0.2) is 4.98 Å². The normalized spacial score (nSPS) is 9.92. The predicted octanol–water partition coefficient (Wildman–Crippen LogP) is 1.88. The molecule has 0 saturated carbocycles. The fourth-order valence-electron chi connectivity index (χ4n) is 1.15. The van der Waals surface area contributed by atoms with Crippen LogP contribution in [0.2, 0.25) is 0 Å². The largest absolute Gasteiger partial charge is 0.481 e. The molecule has 0 aliphatic heterocycles.